The van der Waals surface area contributed by atoms with Crippen LogP contribution in [0.25, 0.3) is 11.3 Å². The van der Waals surface area contributed by atoms with E-state index in [2.05, 4.69) is 15.4 Å². The van der Waals surface area contributed by atoms with Gasteiger partial charge in [0.05, 0.1) is 12.3 Å². The Morgan fingerprint density at radius 1 is 1.07 bits per heavy atom. The zero-order valence-corrected chi connectivity index (χ0v) is 15.8. The summed E-state index contributed by atoms with van der Waals surface area (Å²) in [5.41, 5.74) is 1.18. The number of aromatic nitrogens is 1. The van der Waals surface area contributed by atoms with Gasteiger partial charge in [-0.2, -0.15) is 0 Å². The zero-order chi connectivity index (χ0) is 19.2. The highest BCUT2D eigenvalue weighted by Crippen LogP contribution is 2.24. The van der Waals surface area contributed by atoms with Crippen molar-refractivity contribution in [3.05, 3.63) is 66.2 Å². The fraction of sp³-hybridized carbons (Fsp3) is 0.364. The highest BCUT2D eigenvalue weighted by atomic mass is 16.5. The van der Waals surface area contributed by atoms with Crippen LogP contribution in [0, 0.1) is 0 Å². The van der Waals surface area contributed by atoms with Crippen molar-refractivity contribution in [2.24, 2.45) is 0 Å². The van der Waals surface area contributed by atoms with E-state index in [0.717, 1.165) is 24.4 Å². The average molecular weight is 379 g/mol. The molecule has 3 aromatic rings. The van der Waals surface area contributed by atoms with Gasteiger partial charge < -0.3 is 14.3 Å². The van der Waals surface area contributed by atoms with Gasteiger partial charge in [0.25, 0.3) is 5.91 Å². The predicted molar refractivity (Wildman–Crippen MR) is 106 cm³/mol. The van der Waals surface area contributed by atoms with Crippen molar-refractivity contribution in [2.45, 2.75) is 31.7 Å². The fourth-order valence-corrected chi connectivity index (χ4v) is 3.70. The first-order valence-corrected chi connectivity index (χ1v) is 9.89. The minimum absolute atomic E-state index is 0.0255. The highest BCUT2D eigenvalue weighted by molar-refractivity contribution is 5.93. The zero-order valence-electron chi connectivity index (χ0n) is 15.8. The lowest BCUT2D eigenvalue weighted by molar-refractivity contribution is 0.0918. The Balaban J connectivity index is 1.43. The maximum absolute atomic E-state index is 12.6. The van der Waals surface area contributed by atoms with Crippen LogP contribution in [0.4, 0.5) is 0 Å². The Morgan fingerprint density at radius 3 is 2.57 bits per heavy atom. The van der Waals surface area contributed by atoms with Crippen LogP contribution in [-0.4, -0.2) is 35.6 Å². The van der Waals surface area contributed by atoms with Gasteiger partial charge in [-0.3, -0.25) is 9.69 Å². The number of nitrogens with zero attached hydrogens (tertiary/aromatic N) is 2. The number of carbonyl (C=O) groups excluding carboxylic acids is 1. The normalized spacial score (nSPS) is 16.4. The van der Waals surface area contributed by atoms with Crippen molar-refractivity contribution in [1.29, 1.82) is 0 Å². The lowest BCUT2D eigenvalue weighted by Gasteiger charge is -2.29. The van der Waals surface area contributed by atoms with Crippen molar-refractivity contribution in [1.82, 2.24) is 15.4 Å². The van der Waals surface area contributed by atoms with Crippen molar-refractivity contribution >= 4 is 5.91 Å². The minimum atomic E-state index is -0.239. The van der Waals surface area contributed by atoms with Gasteiger partial charge in [-0.05, 0) is 38.1 Å². The molecule has 1 N–H and O–H groups in total. The lowest BCUT2D eigenvalue weighted by Crippen LogP contribution is -2.38. The highest BCUT2D eigenvalue weighted by Gasteiger charge is 2.25. The summed E-state index contributed by atoms with van der Waals surface area (Å²) in [4.78, 5) is 15.0. The van der Waals surface area contributed by atoms with E-state index in [-0.39, 0.29) is 17.6 Å². The second-order valence-electron chi connectivity index (χ2n) is 7.13. The molecule has 146 valence electrons. The molecule has 2 aromatic heterocycles. The molecule has 1 amide bonds. The third-order valence-corrected chi connectivity index (χ3v) is 5.21. The number of carbonyl (C=O) groups is 1. The molecule has 1 aromatic carbocycles. The number of rotatable bonds is 6. The maximum Gasteiger partial charge on any atom is 0.273 e. The average Bonchev–Trinajstić information content (AvgIpc) is 3.37. The molecule has 0 spiro atoms. The van der Waals surface area contributed by atoms with Crippen LogP contribution in [0.15, 0.2) is 63.7 Å². The van der Waals surface area contributed by atoms with Crippen molar-refractivity contribution < 1.29 is 13.7 Å². The van der Waals surface area contributed by atoms with Crippen LogP contribution in [0.5, 0.6) is 0 Å². The maximum atomic E-state index is 12.6. The molecule has 1 aliphatic rings. The summed E-state index contributed by atoms with van der Waals surface area (Å²) < 4.78 is 11.0. The SMILES string of the molecule is O=C(NC[C@H](c1ccco1)N1CCCCCC1)c1cc(-c2ccccc2)on1. The number of likely N-dealkylation sites (tertiary alicyclic amines) is 1. The van der Waals surface area contributed by atoms with Gasteiger partial charge in [-0.1, -0.05) is 48.3 Å². The quantitative estimate of drug-likeness (QED) is 0.692. The molecule has 0 unspecified atom stereocenters. The molecule has 0 saturated carbocycles. The number of furan rings is 1. The molecule has 0 radical (unpaired) electrons. The summed E-state index contributed by atoms with van der Waals surface area (Å²) >= 11 is 0. The van der Waals surface area contributed by atoms with Crippen molar-refractivity contribution in [3.63, 3.8) is 0 Å². The van der Waals surface area contributed by atoms with E-state index in [1.165, 1.54) is 25.7 Å². The molecule has 6 heteroatoms. The molecule has 0 aliphatic carbocycles. The van der Waals surface area contributed by atoms with Crippen molar-refractivity contribution in [2.75, 3.05) is 19.6 Å². The number of hydrogen-bond donors (Lipinski definition) is 1. The number of hydrogen-bond acceptors (Lipinski definition) is 5. The number of amides is 1. The molecular weight excluding hydrogens is 354 g/mol. The van der Waals surface area contributed by atoms with E-state index in [1.54, 1.807) is 12.3 Å². The first kappa shape index (κ1) is 18.5. The van der Waals surface area contributed by atoms with Gasteiger partial charge >= 0.3 is 0 Å². The molecule has 28 heavy (non-hydrogen) atoms. The Morgan fingerprint density at radius 2 is 1.86 bits per heavy atom. The van der Waals surface area contributed by atoms with Crippen LogP contribution >= 0.6 is 0 Å². The standard InChI is InChI=1S/C22H25N3O3/c26-22(18-15-21(28-24-18)17-9-4-3-5-10-17)23-16-19(20-11-8-14-27-20)25-12-6-1-2-7-13-25/h3-5,8-11,14-15,19H,1-2,6-7,12-13,16H2,(H,23,26)/t19-/m1/s1. The third kappa shape index (κ3) is 4.34. The van der Waals surface area contributed by atoms with Gasteiger partial charge in [0.15, 0.2) is 11.5 Å². The van der Waals surface area contributed by atoms with E-state index in [4.69, 9.17) is 8.94 Å². The summed E-state index contributed by atoms with van der Waals surface area (Å²) in [7, 11) is 0. The molecule has 0 bridgehead atoms. The lowest BCUT2D eigenvalue weighted by atomic mass is 10.1. The molecular formula is C22H25N3O3. The van der Waals surface area contributed by atoms with Gasteiger partial charge in [0, 0.05) is 18.2 Å². The monoisotopic (exact) mass is 379 g/mol. The smallest absolute Gasteiger partial charge is 0.273 e. The molecule has 1 aliphatic heterocycles. The van der Waals surface area contributed by atoms with Crippen LogP contribution < -0.4 is 5.32 Å². The van der Waals surface area contributed by atoms with E-state index in [1.807, 2.05) is 42.5 Å². The predicted octanol–water partition coefficient (Wildman–Crippen LogP) is 4.28. The topological polar surface area (TPSA) is 71.5 Å². The van der Waals surface area contributed by atoms with E-state index in [9.17, 15) is 4.79 Å². The number of nitrogens with one attached hydrogen (secondary N) is 1. The second-order valence-corrected chi connectivity index (χ2v) is 7.13. The van der Waals surface area contributed by atoms with E-state index in [0.29, 0.717) is 12.3 Å². The Hall–Kier alpha value is -2.86. The number of benzene rings is 1. The molecule has 4 rings (SSSR count). The van der Waals surface area contributed by atoms with Crippen LogP contribution in [-0.2, 0) is 0 Å². The summed E-state index contributed by atoms with van der Waals surface area (Å²) in [6.45, 7) is 2.51. The van der Waals surface area contributed by atoms with Gasteiger partial charge in [-0.15, -0.1) is 0 Å². The summed E-state index contributed by atoms with van der Waals surface area (Å²) in [6, 6.07) is 15.2. The summed E-state index contributed by atoms with van der Waals surface area (Å²) in [6.07, 6.45) is 6.55. The van der Waals surface area contributed by atoms with Crippen LogP contribution in [0.3, 0.4) is 0 Å². The summed E-state index contributed by atoms with van der Waals surface area (Å²) in [5, 5.41) is 6.94. The molecule has 3 heterocycles. The van der Waals surface area contributed by atoms with Gasteiger partial charge in [0.1, 0.15) is 5.76 Å². The first-order valence-electron chi connectivity index (χ1n) is 9.89. The van der Waals surface area contributed by atoms with Gasteiger partial charge in [0.2, 0.25) is 0 Å². The Bertz CT molecular complexity index is 866. The third-order valence-electron chi connectivity index (χ3n) is 5.21. The van der Waals surface area contributed by atoms with E-state index >= 15 is 0 Å². The Labute approximate surface area is 164 Å². The molecule has 6 nitrogen and oxygen atoms in total. The molecule has 1 saturated heterocycles. The van der Waals surface area contributed by atoms with Crippen LogP contribution in [0.2, 0.25) is 0 Å². The molecule has 1 atom stereocenters. The fourth-order valence-electron chi connectivity index (χ4n) is 3.70. The second kappa shape index (κ2) is 8.89. The first-order chi connectivity index (χ1) is 13.8. The van der Waals surface area contributed by atoms with Crippen molar-refractivity contribution in [3.8, 4) is 11.3 Å². The largest absolute Gasteiger partial charge is 0.468 e. The van der Waals surface area contributed by atoms with Gasteiger partial charge in [-0.25, -0.2) is 0 Å². The summed E-state index contributed by atoms with van der Waals surface area (Å²) in [5.74, 6) is 1.23. The van der Waals surface area contributed by atoms with E-state index < -0.39 is 0 Å². The Kier molecular flexibility index (Phi) is 5.87. The molecule has 1 fully saturated rings. The van der Waals surface area contributed by atoms with Crippen LogP contribution in [0.1, 0.15) is 48.0 Å². The minimum Gasteiger partial charge on any atom is -0.468 e.